The Hall–Kier alpha value is -2.78. The summed E-state index contributed by atoms with van der Waals surface area (Å²) in [6, 6.07) is 11.4. The topological polar surface area (TPSA) is 70.1 Å². The van der Waals surface area contributed by atoms with Crippen LogP contribution in [0.4, 0.5) is 13.2 Å². The zero-order valence-electron chi connectivity index (χ0n) is 20.9. The van der Waals surface area contributed by atoms with E-state index in [0.717, 1.165) is 36.3 Å². The van der Waals surface area contributed by atoms with Crippen LogP contribution in [0.5, 0.6) is 5.75 Å². The number of hydrogen-bond acceptors (Lipinski definition) is 4. The molecule has 0 bridgehead atoms. The van der Waals surface area contributed by atoms with Crippen LogP contribution in [0.1, 0.15) is 48.0 Å². The van der Waals surface area contributed by atoms with Crippen LogP contribution in [-0.2, 0) is 10.4 Å². The molecule has 10 heteroatoms. The minimum Gasteiger partial charge on any atom is -0.494 e. The number of hydrogen-bond donors (Lipinski definition) is 1. The van der Waals surface area contributed by atoms with Gasteiger partial charge in [0.05, 0.1) is 17.2 Å². The predicted octanol–water partition coefficient (Wildman–Crippen LogP) is 5.28. The van der Waals surface area contributed by atoms with Gasteiger partial charge in [0.1, 0.15) is 5.75 Å². The monoisotopic (exact) mass is 540 g/mol. The lowest BCUT2D eigenvalue weighted by molar-refractivity contribution is -0.262. The lowest BCUT2D eigenvalue weighted by Crippen LogP contribution is -2.57. The minimum absolute atomic E-state index is 0.168. The summed E-state index contributed by atoms with van der Waals surface area (Å²) in [5.74, 6) is -0.657. The first-order valence-electron chi connectivity index (χ1n) is 12.2. The van der Waals surface area contributed by atoms with Gasteiger partial charge in [0.15, 0.2) is 0 Å². The van der Waals surface area contributed by atoms with Crippen LogP contribution in [0.25, 0.3) is 0 Å². The molecule has 1 saturated heterocycles. The number of likely N-dealkylation sites (tertiary alicyclic amines) is 1. The maximum absolute atomic E-state index is 13.8. The van der Waals surface area contributed by atoms with E-state index in [1.807, 2.05) is 0 Å². The van der Waals surface area contributed by atoms with Gasteiger partial charge in [-0.2, -0.15) is 13.2 Å². The largest absolute Gasteiger partial charge is 0.494 e. The average Bonchev–Trinajstić information content (AvgIpc) is 2.87. The molecule has 1 aliphatic heterocycles. The average molecular weight is 541 g/mol. The maximum Gasteiger partial charge on any atom is 0.430 e. The molecule has 0 aromatic heterocycles. The highest BCUT2D eigenvalue weighted by molar-refractivity contribution is 6.34. The van der Waals surface area contributed by atoms with Crippen molar-refractivity contribution in [1.82, 2.24) is 9.80 Å². The van der Waals surface area contributed by atoms with Crippen LogP contribution in [0, 0.1) is 5.92 Å². The molecule has 37 heavy (non-hydrogen) atoms. The SMILES string of the molecule is CN(C)C(=O)c1ccc(OCCCCC2CCN(C(=O)[C@](O)(c3ccccc3)C(F)(F)F)CC2)cc1Cl. The zero-order valence-corrected chi connectivity index (χ0v) is 21.7. The maximum atomic E-state index is 13.8. The molecule has 0 radical (unpaired) electrons. The predicted molar refractivity (Wildman–Crippen MR) is 135 cm³/mol. The van der Waals surface area contributed by atoms with E-state index in [4.69, 9.17) is 16.3 Å². The third-order valence-corrected chi connectivity index (χ3v) is 6.98. The van der Waals surface area contributed by atoms with E-state index in [1.54, 1.807) is 32.3 Å². The van der Waals surface area contributed by atoms with Gasteiger partial charge < -0.3 is 19.6 Å². The second-order valence-corrected chi connectivity index (χ2v) is 9.90. The molecule has 1 aliphatic rings. The van der Waals surface area contributed by atoms with Gasteiger partial charge in [-0.25, -0.2) is 0 Å². The summed E-state index contributed by atoms with van der Waals surface area (Å²) in [6.45, 7) is 0.799. The summed E-state index contributed by atoms with van der Waals surface area (Å²) in [5.41, 5.74) is -3.63. The third kappa shape index (κ3) is 6.76. The van der Waals surface area contributed by atoms with Gasteiger partial charge in [-0.05, 0) is 49.8 Å². The van der Waals surface area contributed by atoms with Crippen molar-refractivity contribution < 1.29 is 32.6 Å². The summed E-state index contributed by atoms with van der Waals surface area (Å²) in [6.07, 6.45) is -1.48. The summed E-state index contributed by atoms with van der Waals surface area (Å²) in [7, 11) is 3.30. The molecule has 6 nitrogen and oxygen atoms in total. The molecule has 202 valence electrons. The second-order valence-electron chi connectivity index (χ2n) is 9.50. The summed E-state index contributed by atoms with van der Waals surface area (Å²) >= 11 is 6.20. The number of piperidine rings is 1. The number of amides is 2. The molecule has 1 atom stereocenters. The molecule has 2 amide bonds. The smallest absolute Gasteiger partial charge is 0.430 e. The molecule has 0 saturated carbocycles. The first-order valence-corrected chi connectivity index (χ1v) is 12.6. The highest BCUT2D eigenvalue weighted by Gasteiger charge is 2.62. The molecule has 2 aromatic rings. The molecule has 1 heterocycles. The van der Waals surface area contributed by atoms with Crippen LogP contribution in [0.2, 0.25) is 5.02 Å². The number of nitrogens with zero attached hydrogens (tertiary/aromatic N) is 2. The van der Waals surface area contributed by atoms with E-state index >= 15 is 0 Å². The number of alkyl halides is 3. The molecular formula is C27H32ClF3N2O4. The Kier molecular flexibility index (Phi) is 9.47. The fourth-order valence-electron chi connectivity index (χ4n) is 4.47. The fraction of sp³-hybridized carbons (Fsp3) is 0.481. The van der Waals surface area contributed by atoms with Crippen molar-refractivity contribution in [1.29, 1.82) is 0 Å². The molecule has 3 rings (SSSR count). The molecule has 0 aliphatic carbocycles. The van der Waals surface area contributed by atoms with Crippen LogP contribution in [-0.4, -0.2) is 66.7 Å². The van der Waals surface area contributed by atoms with Crippen molar-refractivity contribution in [3.8, 4) is 5.75 Å². The van der Waals surface area contributed by atoms with Crippen LogP contribution < -0.4 is 4.74 Å². The standard InChI is InChI=1S/C27H32ClF3N2O4/c1-32(2)24(34)22-12-11-21(18-23(22)28)37-17-7-6-8-19-13-15-33(16-14-19)25(35)26(36,27(29,30)31)20-9-4-3-5-10-20/h3-5,9-12,18-19,36H,6-8,13-17H2,1-2H3/t26-/m1/s1. The van der Waals surface area contributed by atoms with Crippen molar-refractivity contribution in [2.75, 3.05) is 33.8 Å². The van der Waals surface area contributed by atoms with Crippen LogP contribution in [0.3, 0.4) is 0 Å². The Labute approximate surface area is 220 Å². The third-order valence-electron chi connectivity index (χ3n) is 6.67. The molecule has 0 unspecified atom stereocenters. The number of rotatable bonds is 9. The van der Waals surface area contributed by atoms with Crippen molar-refractivity contribution in [3.05, 3.63) is 64.7 Å². The lowest BCUT2D eigenvalue weighted by atomic mass is 9.88. The second kappa shape index (κ2) is 12.2. The normalized spacial score (nSPS) is 16.2. The first kappa shape index (κ1) is 28.8. The number of benzene rings is 2. The van der Waals surface area contributed by atoms with Gasteiger partial charge in [0.2, 0.25) is 0 Å². The molecule has 0 spiro atoms. The molecule has 1 fully saturated rings. The Balaban J connectivity index is 1.44. The Morgan fingerprint density at radius 1 is 1.08 bits per heavy atom. The summed E-state index contributed by atoms with van der Waals surface area (Å²) < 4.78 is 47.2. The van der Waals surface area contributed by atoms with Gasteiger partial charge in [-0.1, -0.05) is 48.4 Å². The van der Waals surface area contributed by atoms with Gasteiger partial charge in [-0.15, -0.1) is 0 Å². The van der Waals surface area contributed by atoms with Gasteiger partial charge >= 0.3 is 6.18 Å². The van der Waals surface area contributed by atoms with Crippen molar-refractivity contribution >= 4 is 23.4 Å². The quantitative estimate of drug-likeness (QED) is 0.439. The van der Waals surface area contributed by atoms with Crippen LogP contribution >= 0.6 is 11.6 Å². The number of aliphatic hydroxyl groups is 1. The highest BCUT2D eigenvalue weighted by Crippen LogP contribution is 2.41. The van der Waals surface area contributed by atoms with Crippen molar-refractivity contribution in [2.24, 2.45) is 5.92 Å². The first-order chi connectivity index (χ1) is 17.4. The molecular weight excluding hydrogens is 509 g/mol. The van der Waals surface area contributed by atoms with Crippen molar-refractivity contribution in [3.63, 3.8) is 0 Å². The number of carbonyl (C=O) groups is 2. The summed E-state index contributed by atoms with van der Waals surface area (Å²) in [4.78, 5) is 27.5. The number of carbonyl (C=O) groups excluding carboxylic acids is 2. The van der Waals surface area contributed by atoms with Crippen molar-refractivity contribution in [2.45, 2.75) is 43.9 Å². The number of ether oxygens (including phenoxy) is 1. The van der Waals surface area contributed by atoms with Gasteiger partial charge in [-0.3, -0.25) is 9.59 Å². The fourth-order valence-corrected chi connectivity index (χ4v) is 4.72. The van der Waals surface area contributed by atoms with Gasteiger partial charge in [0, 0.05) is 32.7 Å². The number of halogens is 4. The highest BCUT2D eigenvalue weighted by atomic mass is 35.5. The van der Waals surface area contributed by atoms with E-state index in [0.29, 0.717) is 35.8 Å². The minimum atomic E-state index is -5.13. The van der Waals surface area contributed by atoms with Gasteiger partial charge in [0.25, 0.3) is 17.4 Å². The van der Waals surface area contributed by atoms with E-state index in [1.165, 1.54) is 23.1 Å². The van der Waals surface area contributed by atoms with E-state index in [9.17, 15) is 27.9 Å². The Morgan fingerprint density at radius 3 is 2.30 bits per heavy atom. The Morgan fingerprint density at radius 2 is 1.73 bits per heavy atom. The lowest BCUT2D eigenvalue weighted by Gasteiger charge is -2.38. The molecule has 1 N–H and O–H groups in total. The Bertz CT molecular complexity index is 1070. The number of unbranched alkanes of at least 4 members (excludes halogenated alkanes) is 1. The van der Waals surface area contributed by atoms with E-state index in [2.05, 4.69) is 0 Å². The van der Waals surface area contributed by atoms with E-state index < -0.39 is 23.2 Å². The van der Waals surface area contributed by atoms with Crippen LogP contribution in [0.15, 0.2) is 48.5 Å². The molecule has 2 aromatic carbocycles. The zero-order chi connectivity index (χ0) is 27.2. The summed E-state index contributed by atoms with van der Waals surface area (Å²) in [5, 5.41) is 10.8. The van der Waals surface area contributed by atoms with E-state index in [-0.39, 0.29) is 24.9 Å².